The molecule has 1 aromatic carbocycles. The van der Waals surface area contributed by atoms with E-state index in [-0.39, 0.29) is 17.4 Å². The summed E-state index contributed by atoms with van der Waals surface area (Å²) in [5.41, 5.74) is 7.95. The molecule has 23 heavy (non-hydrogen) atoms. The van der Waals surface area contributed by atoms with Crippen molar-refractivity contribution in [2.24, 2.45) is 5.73 Å². The molecule has 2 aromatic rings. The zero-order valence-corrected chi connectivity index (χ0v) is 13.9. The molecule has 0 spiro atoms. The number of hydrogen-bond acceptors (Lipinski definition) is 4. The van der Waals surface area contributed by atoms with Gasteiger partial charge in [0.2, 0.25) is 11.8 Å². The predicted octanol–water partition coefficient (Wildman–Crippen LogP) is 2.38. The summed E-state index contributed by atoms with van der Waals surface area (Å²) >= 11 is 0. The van der Waals surface area contributed by atoms with Gasteiger partial charge in [-0.2, -0.15) is 0 Å². The molecule has 1 aromatic heterocycles. The van der Waals surface area contributed by atoms with Crippen molar-refractivity contribution in [3.05, 3.63) is 53.2 Å². The van der Waals surface area contributed by atoms with E-state index in [4.69, 9.17) is 10.2 Å². The van der Waals surface area contributed by atoms with Crippen LogP contribution in [0.5, 0.6) is 0 Å². The lowest BCUT2D eigenvalue weighted by atomic mass is 9.93. The number of oxazole rings is 1. The number of nitrogens with two attached hydrogens (primary N) is 1. The molecule has 0 saturated carbocycles. The summed E-state index contributed by atoms with van der Waals surface area (Å²) in [6.07, 6.45) is 2.41. The molecule has 3 rings (SSSR count). The van der Waals surface area contributed by atoms with Gasteiger partial charge in [0.05, 0.1) is 18.8 Å². The van der Waals surface area contributed by atoms with E-state index < -0.39 is 0 Å². The molecule has 1 aliphatic rings. The Bertz CT molecular complexity index is 715. The summed E-state index contributed by atoms with van der Waals surface area (Å²) in [6, 6.07) is 7.84. The predicted molar refractivity (Wildman–Crippen MR) is 87.6 cm³/mol. The summed E-state index contributed by atoms with van der Waals surface area (Å²) in [4.78, 5) is 18.3. The van der Waals surface area contributed by atoms with Crippen molar-refractivity contribution in [3.63, 3.8) is 0 Å². The van der Waals surface area contributed by atoms with Crippen LogP contribution in [-0.4, -0.2) is 21.8 Å². The Kier molecular flexibility index (Phi) is 3.98. The van der Waals surface area contributed by atoms with E-state index in [0.717, 1.165) is 5.76 Å². The van der Waals surface area contributed by atoms with Gasteiger partial charge in [0.15, 0.2) is 0 Å². The minimum Gasteiger partial charge on any atom is -0.444 e. The highest BCUT2D eigenvalue weighted by Crippen LogP contribution is 2.27. The molecule has 2 N–H and O–H groups in total. The number of nitrogens with zero attached hydrogens (tertiary/aromatic N) is 2. The molecule has 5 nitrogen and oxygen atoms in total. The maximum Gasteiger partial charge on any atom is 0.235 e. The van der Waals surface area contributed by atoms with E-state index in [9.17, 15) is 4.79 Å². The van der Waals surface area contributed by atoms with Crippen LogP contribution in [0.2, 0.25) is 0 Å². The Morgan fingerprint density at radius 1 is 1.35 bits per heavy atom. The van der Waals surface area contributed by atoms with Gasteiger partial charge in [-0.15, -0.1) is 0 Å². The van der Waals surface area contributed by atoms with Gasteiger partial charge in [0, 0.05) is 12.0 Å². The fraction of sp³-hybridized carbons (Fsp3) is 0.444. The first-order valence-electron chi connectivity index (χ1n) is 7.90. The normalized spacial score (nSPS) is 18.7. The van der Waals surface area contributed by atoms with Crippen LogP contribution in [-0.2, 0) is 29.7 Å². The fourth-order valence-corrected chi connectivity index (χ4v) is 2.93. The van der Waals surface area contributed by atoms with E-state index in [1.807, 2.05) is 17.0 Å². The number of aromatic nitrogens is 1. The van der Waals surface area contributed by atoms with Crippen molar-refractivity contribution in [3.8, 4) is 0 Å². The number of carbonyl (C=O) groups excluding carboxylic acids is 1. The van der Waals surface area contributed by atoms with Crippen molar-refractivity contribution in [2.45, 2.75) is 51.7 Å². The first-order chi connectivity index (χ1) is 10.8. The zero-order chi connectivity index (χ0) is 16.6. The van der Waals surface area contributed by atoms with Gasteiger partial charge >= 0.3 is 0 Å². The Morgan fingerprint density at radius 2 is 2.04 bits per heavy atom. The van der Waals surface area contributed by atoms with Crippen LogP contribution in [0.3, 0.4) is 0 Å². The summed E-state index contributed by atoms with van der Waals surface area (Å²) in [5, 5.41) is 0. The number of primary amides is 1. The van der Waals surface area contributed by atoms with Gasteiger partial charge in [-0.3, -0.25) is 9.69 Å². The van der Waals surface area contributed by atoms with Crippen LogP contribution in [0, 0.1) is 0 Å². The first kappa shape index (κ1) is 15.7. The average molecular weight is 313 g/mol. The lowest BCUT2D eigenvalue weighted by Gasteiger charge is -2.34. The highest BCUT2D eigenvalue weighted by atomic mass is 16.4. The second-order valence-corrected chi connectivity index (χ2v) is 7.16. The number of benzene rings is 1. The summed E-state index contributed by atoms with van der Waals surface area (Å²) < 4.78 is 5.86. The van der Waals surface area contributed by atoms with Gasteiger partial charge < -0.3 is 10.2 Å². The third-order valence-electron chi connectivity index (χ3n) is 4.31. The molecule has 5 heteroatoms. The summed E-state index contributed by atoms with van der Waals surface area (Å²) in [5.74, 6) is 1.17. The third kappa shape index (κ3) is 3.29. The SMILES string of the molecule is CC(C)(C)c1cnc(CN2Cc3ccccc3C[C@@H]2C(N)=O)o1. The van der Waals surface area contributed by atoms with Crippen LogP contribution in [0.15, 0.2) is 34.9 Å². The molecule has 122 valence electrons. The second kappa shape index (κ2) is 5.81. The van der Waals surface area contributed by atoms with Gasteiger partial charge in [-0.05, 0) is 17.5 Å². The molecule has 0 saturated heterocycles. The number of fused-ring (bicyclic) bond motifs is 1. The van der Waals surface area contributed by atoms with E-state index in [1.54, 1.807) is 6.20 Å². The third-order valence-corrected chi connectivity index (χ3v) is 4.31. The Labute approximate surface area is 136 Å². The topological polar surface area (TPSA) is 72.4 Å². The molecule has 0 fully saturated rings. The number of hydrogen-bond donors (Lipinski definition) is 1. The van der Waals surface area contributed by atoms with Gasteiger partial charge in [-0.25, -0.2) is 4.98 Å². The first-order valence-corrected chi connectivity index (χ1v) is 7.90. The Hall–Kier alpha value is -2.14. The fourth-order valence-electron chi connectivity index (χ4n) is 2.93. The lowest BCUT2D eigenvalue weighted by Crippen LogP contribution is -2.48. The minimum atomic E-state index is -0.324. The van der Waals surface area contributed by atoms with Crippen LogP contribution in [0.4, 0.5) is 0 Å². The zero-order valence-electron chi connectivity index (χ0n) is 13.9. The average Bonchev–Trinajstić information content (AvgIpc) is 2.95. The standard InChI is InChI=1S/C18H23N3O2/c1-18(2,3)15-9-20-16(23-15)11-21-10-13-7-5-4-6-12(13)8-14(21)17(19)22/h4-7,9,14H,8,10-11H2,1-3H3,(H2,19,22)/t14-/m1/s1. The number of rotatable bonds is 3. The van der Waals surface area contributed by atoms with Crippen LogP contribution >= 0.6 is 0 Å². The molecule has 0 unspecified atom stereocenters. The Morgan fingerprint density at radius 3 is 2.65 bits per heavy atom. The highest BCUT2D eigenvalue weighted by Gasteiger charge is 2.31. The number of amides is 1. The molecule has 1 amide bonds. The molecular formula is C18H23N3O2. The van der Waals surface area contributed by atoms with Crippen molar-refractivity contribution in [1.29, 1.82) is 0 Å². The monoisotopic (exact) mass is 313 g/mol. The summed E-state index contributed by atoms with van der Waals surface area (Å²) in [7, 11) is 0. The van der Waals surface area contributed by atoms with Gasteiger partial charge in [0.1, 0.15) is 5.76 Å². The van der Waals surface area contributed by atoms with Crippen molar-refractivity contribution in [2.75, 3.05) is 0 Å². The largest absolute Gasteiger partial charge is 0.444 e. The van der Waals surface area contributed by atoms with Crippen molar-refractivity contribution in [1.82, 2.24) is 9.88 Å². The van der Waals surface area contributed by atoms with Gasteiger partial charge in [-0.1, -0.05) is 45.0 Å². The van der Waals surface area contributed by atoms with Crippen molar-refractivity contribution < 1.29 is 9.21 Å². The van der Waals surface area contributed by atoms with Crippen LogP contribution in [0.1, 0.15) is 43.5 Å². The molecule has 0 bridgehead atoms. The summed E-state index contributed by atoms with van der Waals surface area (Å²) in [6.45, 7) is 7.41. The number of carbonyl (C=O) groups is 1. The van der Waals surface area contributed by atoms with Crippen LogP contribution < -0.4 is 5.73 Å². The molecule has 2 heterocycles. The van der Waals surface area contributed by atoms with E-state index >= 15 is 0 Å². The van der Waals surface area contributed by atoms with Crippen molar-refractivity contribution >= 4 is 5.91 Å². The maximum atomic E-state index is 11.9. The molecule has 0 aliphatic carbocycles. The van der Waals surface area contributed by atoms with E-state index in [0.29, 0.717) is 25.4 Å². The molecule has 1 atom stereocenters. The second-order valence-electron chi connectivity index (χ2n) is 7.16. The maximum absolute atomic E-state index is 11.9. The molecule has 1 aliphatic heterocycles. The molecular weight excluding hydrogens is 290 g/mol. The molecule has 0 radical (unpaired) electrons. The Balaban J connectivity index is 1.83. The quantitative estimate of drug-likeness (QED) is 0.944. The lowest BCUT2D eigenvalue weighted by molar-refractivity contribution is -0.124. The minimum absolute atomic E-state index is 0.0805. The van der Waals surface area contributed by atoms with Gasteiger partial charge in [0.25, 0.3) is 0 Å². The highest BCUT2D eigenvalue weighted by molar-refractivity contribution is 5.80. The van der Waals surface area contributed by atoms with E-state index in [1.165, 1.54) is 11.1 Å². The smallest absolute Gasteiger partial charge is 0.235 e. The van der Waals surface area contributed by atoms with Crippen LogP contribution in [0.25, 0.3) is 0 Å². The van der Waals surface area contributed by atoms with E-state index in [2.05, 4.69) is 37.9 Å².